The molecule has 0 spiro atoms. The first-order chi connectivity index (χ1) is 7.02. The highest BCUT2D eigenvalue weighted by molar-refractivity contribution is 5.76. The molecule has 0 aliphatic carbocycles. The van der Waals surface area contributed by atoms with Crippen LogP contribution < -0.4 is 5.32 Å². The third-order valence-electron chi connectivity index (χ3n) is 2.27. The van der Waals surface area contributed by atoms with E-state index in [1.807, 2.05) is 13.8 Å². The van der Waals surface area contributed by atoms with Gasteiger partial charge in [-0.3, -0.25) is 14.5 Å². The smallest absolute Gasteiger partial charge is 0.320 e. The summed E-state index contributed by atoms with van der Waals surface area (Å²) in [7, 11) is 1.72. The normalized spacial score (nSPS) is 12.5. The zero-order chi connectivity index (χ0) is 11.8. The van der Waals surface area contributed by atoms with Gasteiger partial charge in [-0.2, -0.15) is 0 Å². The number of carbonyl (C=O) groups is 2. The summed E-state index contributed by atoms with van der Waals surface area (Å²) in [5.41, 5.74) is 0. The standard InChI is InChI=1S/C10H20N2O3/c1-4-8(10(14)15)12(3)7-6-9(13)11-5-2/h8H,4-7H2,1-3H3,(H,11,13)(H,14,15). The van der Waals surface area contributed by atoms with E-state index in [-0.39, 0.29) is 5.91 Å². The van der Waals surface area contributed by atoms with Gasteiger partial charge in [0.2, 0.25) is 5.91 Å². The van der Waals surface area contributed by atoms with Gasteiger partial charge < -0.3 is 10.4 Å². The van der Waals surface area contributed by atoms with Gasteiger partial charge in [-0.1, -0.05) is 6.92 Å². The molecule has 2 N–H and O–H groups in total. The third-order valence-corrected chi connectivity index (χ3v) is 2.27. The molecule has 0 fully saturated rings. The summed E-state index contributed by atoms with van der Waals surface area (Å²) >= 11 is 0. The van der Waals surface area contributed by atoms with E-state index in [1.54, 1.807) is 11.9 Å². The molecule has 0 saturated heterocycles. The lowest BCUT2D eigenvalue weighted by molar-refractivity contribution is -0.143. The molecule has 0 aromatic heterocycles. The van der Waals surface area contributed by atoms with Crippen LogP contribution in [0, 0.1) is 0 Å². The number of hydrogen-bond acceptors (Lipinski definition) is 3. The summed E-state index contributed by atoms with van der Waals surface area (Å²) in [6.07, 6.45) is 0.884. The predicted molar refractivity (Wildman–Crippen MR) is 57.6 cm³/mol. The van der Waals surface area contributed by atoms with Gasteiger partial charge in [0, 0.05) is 19.5 Å². The highest BCUT2D eigenvalue weighted by atomic mass is 16.4. The molecule has 0 aromatic carbocycles. The molecule has 0 aliphatic heterocycles. The Morgan fingerprint density at radius 3 is 2.40 bits per heavy atom. The minimum atomic E-state index is -0.837. The van der Waals surface area contributed by atoms with Crippen LogP contribution in [0.1, 0.15) is 26.7 Å². The summed E-state index contributed by atoms with van der Waals surface area (Å²) in [6.45, 7) is 4.75. The number of carboxylic acid groups (broad SMARTS) is 1. The fraction of sp³-hybridized carbons (Fsp3) is 0.800. The number of carbonyl (C=O) groups excluding carboxylic acids is 1. The maximum atomic E-state index is 11.1. The van der Waals surface area contributed by atoms with Crippen LogP contribution in [0.3, 0.4) is 0 Å². The molecular formula is C10H20N2O3. The second-order valence-corrected chi connectivity index (χ2v) is 3.45. The maximum absolute atomic E-state index is 11.1. The van der Waals surface area contributed by atoms with E-state index in [4.69, 9.17) is 5.11 Å². The van der Waals surface area contributed by atoms with Crippen molar-refractivity contribution in [3.8, 4) is 0 Å². The highest BCUT2D eigenvalue weighted by Gasteiger charge is 2.20. The molecule has 0 aliphatic rings. The maximum Gasteiger partial charge on any atom is 0.320 e. The quantitative estimate of drug-likeness (QED) is 0.642. The summed E-state index contributed by atoms with van der Waals surface area (Å²) in [4.78, 5) is 23.6. The van der Waals surface area contributed by atoms with E-state index in [2.05, 4.69) is 5.32 Å². The van der Waals surface area contributed by atoms with E-state index in [1.165, 1.54) is 0 Å². The molecular weight excluding hydrogens is 196 g/mol. The SMILES string of the molecule is CCNC(=O)CCN(C)C(CC)C(=O)O. The fourth-order valence-electron chi connectivity index (χ4n) is 1.39. The number of nitrogens with one attached hydrogen (secondary N) is 1. The molecule has 88 valence electrons. The van der Waals surface area contributed by atoms with Crippen LogP contribution in [0.25, 0.3) is 0 Å². The molecule has 0 radical (unpaired) electrons. The van der Waals surface area contributed by atoms with Gasteiger partial charge in [0.25, 0.3) is 0 Å². The van der Waals surface area contributed by atoms with Crippen molar-refractivity contribution in [3.63, 3.8) is 0 Å². The summed E-state index contributed by atoms with van der Waals surface area (Å²) in [5.74, 6) is -0.875. The van der Waals surface area contributed by atoms with Crippen LogP contribution in [0.4, 0.5) is 0 Å². The van der Waals surface area contributed by atoms with Crippen molar-refractivity contribution in [1.29, 1.82) is 0 Å². The summed E-state index contributed by atoms with van der Waals surface area (Å²) in [5, 5.41) is 11.5. The summed E-state index contributed by atoms with van der Waals surface area (Å²) in [6, 6.07) is -0.501. The molecule has 5 heteroatoms. The van der Waals surface area contributed by atoms with Crippen molar-refractivity contribution in [2.45, 2.75) is 32.7 Å². The lowest BCUT2D eigenvalue weighted by Gasteiger charge is -2.22. The van der Waals surface area contributed by atoms with Gasteiger partial charge >= 0.3 is 5.97 Å². The minimum absolute atomic E-state index is 0.0374. The monoisotopic (exact) mass is 216 g/mol. The van der Waals surface area contributed by atoms with E-state index in [9.17, 15) is 9.59 Å². The van der Waals surface area contributed by atoms with Crippen LogP contribution in [-0.2, 0) is 9.59 Å². The largest absolute Gasteiger partial charge is 0.480 e. The first-order valence-electron chi connectivity index (χ1n) is 5.22. The molecule has 1 unspecified atom stereocenters. The lowest BCUT2D eigenvalue weighted by atomic mass is 10.2. The number of nitrogens with zero attached hydrogens (tertiary/aromatic N) is 1. The van der Waals surface area contributed by atoms with Crippen molar-refractivity contribution < 1.29 is 14.7 Å². The van der Waals surface area contributed by atoms with Crippen LogP contribution in [0.2, 0.25) is 0 Å². The van der Waals surface area contributed by atoms with E-state index in [0.717, 1.165) is 0 Å². The van der Waals surface area contributed by atoms with Crippen LogP contribution in [-0.4, -0.2) is 48.1 Å². The Balaban J connectivity index is 3.95. The van der Waals surface area contributed by atoms with Gasteiger partial charge in [0.05, 0.1) is 0 Å². The van der Waals surface area contributed by atoms with Crippen molar-refractivity contribution in [2.75, 3.05) is 20.1 Å². The molecule has 0 aromatic rings. The molecule has 15 heavy (non-hydrogen) atoms. The number of likely N-dealkylation sites (N-methyl/N-ethyl adjacent to an activating group) is 1. The number of rotatable bonds is 7. The Hall–Kier alpha value is -1.10. The van der Waals surface area contributed by atoms with Crippen LogP contribution >= 0.6 is 0 Å². The number of carboxylic acids is 1. The molecule has 0 bridgehead atoms. The molecule has 0 rings (SSSR count). The molecule has 1 amide bonds. The number of amides is 1. The third kappa shape index (κ3) is 5.37. The first kappa shape index (κ1) is 13.9. The Bertz CT molecular complexity index is 219. The van der Waals surface area contributed by atoms with Gasteiger partial charge in [-0.15, -0.1) is 0 Å². The van der Waals surface area contributed by atoms with Crippen molar-refractivity contribution in [1.82, 2.24) is 10.2 Å². The van der Waals surface area contributed by atoms with Crippen LogP contribution in [0.5, 0.6) is 0 Å². The molecule has 0 saturated carbocycles. The minimum Gasteiger partial charge on any atom is -0.480 e. The lowest BCUT2D eigenvalue weighted by Crippen LogP contribution is -2.40. The first-order valence-corrected chi connectivity index (χ1v) is 5.22. The summed E-state index contributed by atoms with van der Waals surface area (Å²) < 4.78 is 0. The average molecular weight is 216 g/mol. The second kappa shape index (κ2) is 7.23. The predicted octanol–water partition coefficient (Wildman–Crippen LogP) is 0.308. The zero-order valence-electron chi connectivity index (χ0n) is 9.62. The highest BCUT2D eigenvalue weighted by Crippen LogP contribution is 2.02. The fourth-order valence-corrected chi connectivity index (χ4v) is 1.39. The van der Waals surface area contributed by atoms with Gasteiger partial charge in [-0.05, 0) is 20.4 Å². The van der Waals surface area contributed by atoms with Crippen molar-refractivity contribution >= 4 is 11.9 Å². The van der Waals surface area contributed by atoms with E-state index >= 15 is 0 Å². The van der Waals surface area contributed by atoms with Crippen molar-refractivity contribution in [3.05, 3.63) is 0 Å². The Morgan fingerprint density at radius 2 is 2.00 bits per heavy atom. The second-order valence-electron chi connectivity index (χ2n) is 3.45. The van der Waals surface area contributed by atoms with Crippen molar-refractivity contribution in [2.24, 2.45) is 0 Å². The van der Waals surface area contributed by atoms with E-state index < -0.39 is 12.0 Å². The molecule has 1 atom stereocenters. The van der Waals surface area contributed by atoms with Gasteiger partial charge in [-0.25, -0.2) is 0 Å². The number of hydrogen-bond donors (Lipinski definition) is 2. The Labute approximate surface area is 90.5 Å². The topological polar surface area (TPSA) is 69.6 Å². The Kier molecular flexibility index (Phi) is 6.70. The van der Waals surface area contributed by atoms with Crippen LogP contribution in [0.15, 0.2) is 0 Å². The Morgan fingerprint density at radius 1 is 1.40 bits per heavy atom. The molecule has 0 heterocycles. The van der Waals surface area contributed by atoms with Gasteiger partial charge in [0.15, 0.2) is 0 Å². The molecule has 5 nitrogen and oxygen atoms in total. The zero-order valence-corrected chi connectivity index (χ0v) is 9.62. The van der Waals surface area contributed by atoms with Gasteiger partial charge in [0.1, 0.15) is 6.04 Å². The number of aliphatic carboxylic acids is 1. The average Bonchev–Trinajstić information content (AvgIpc) is 2.15. The van der Waals surface area contributed by atoms with E-state index in [0.29, 0.717) is 25.9 Å².